The van der Waals surface area contributed by atoms with Crippen LogP contribution in [0.5, 0.6) is 5.75 Å². The van der Waals surface area contributed by atoms with E-state index in [0.29, 0.717) is 28.6 Å². The molecule has 0 saturated carbocycles. The van der Waals surface area contributed by atoms with Gasteiger partial charge >= 0.3 is 6.11 Å². The Morgan fingerprint density at radius 3 is 1.88 bits per heavy atom. The van der Waals surface area contributed by atoms with Gasteiger partial charge in [-0.2, -0.15) is 8.78 Å². The van der Waals surface area contributed by atoms with Gasteiger partial charge in [0.25, 0.3) is 0 Å². The molecule has 0 saturated heterocycles. The van der Waals surface area contributed by atoms with Crippen molar-refractivity contribution in [1.29, 1.82) is 0 Å². The maximum atomic E-state index is 15.4. The third kappa shape index (κ3) is 5.48. The molecule has 41 heavy (non-hydrogen) atoms. The van der Waals surface area contributed by atoms with E-state index in [1.807, 2.05) is 19.1 Å². The highest BCUT2D eigenvalue weighted by Crippen LogP contribution is 2.40. The van der Waals surface area contributed by atoms with Crippen LogP contribution in [-0.4, -0.2) is 0 Å². The molecule has 0 aliphatic carbocycles. The SMILES string of the molecule is CCCc1ccc(-c2cc3ccc(-c4ccc(C(F)(F)Oc5cc(F)c(F)c(F)c5)cc4)c(Cl)c3c(F)c2F)cc1. The second-order valence-corrected chi connectivity index (χ2v) is 9.80. The largest absolute Gasteiger partial charge is 0.429 e. The molecular formula is C32H20ClF7O. The Bertz CT molecular complexity index is 1730. The summed E-state index contributed by atoms with van der Waals surface area (Å²) in [6.45, 7) is 2.05. The van der Waals surface area contributed by atoms with Crippen molar-refractivity contribution in [3.8, 4) is 28.0 Å². The van der Waals surface area contributed by atoms with E-state index in [-0.39, 0.29) is 21.5 Å². The molecule has 210 valence electrons. The maximum Gasteiger partial charge on any atom is 0.426 e. The second-order valence-electron chi connectivity index (χ2n) is 9.42. The number of aryl methyl sites for hydroxylation is 1. The number of hydrogen-bond acceptors (Lipinski definition) is 1. The molecule has 0 aliphatic rings. The lowest BCUT2D eigenvalue weighted by Crippen LogP contribution is -2.22. The van der Waals surface area contributed by atoms with Crippen molar-refractivity contribution in [2.75, 3.05) is 0 Å². The van der Waals surface area contributed by atoms with Gasteiger partial charge in [-0.25, -0.2) is 22.0 Å². The van der Waals surface area contributed by atoms with Crippen molar-refractivity contribution in [2.24, 2.45) is 0 Å². The first-order chi connectivity index (χ1) is 19.5. The van der Waals surface area contributed by atoms with Gasteiger partial charge in [-0.05, 0) is 46.7 Å². The summed E-state index contributed by atoms with van der Waals surface area (Å²) in [7, 11) is 0. The smallest absolute Gasteiger partial charge is 0.426 e. The molecule has 0 radical (unpaired) electrons. The molecule has 1 nitrogen and oxygen atoms in total. The van der Waals surface area contributed by atoms with Gasteiger partial charge in [-0.1, -0.05) is 73.5 Å². The Hall–Kier alpha value is -4.04. The van der Waals surface area contributed by atoms with Crippen LogP contribution in [0.4, 0.5) is 30.7 Å². The normalized spacial score (nSPS) is 11.7. The van der Waals surface area contributed by atoms with Crippen molar-refractivity contribution < 1.29 is 35.5 Å². The molecule has 0 unspecified atom stereocenters. The van der Waals surface area contributed by atoms with Crippen molar-refractivity contribution in [3.63, 3.8) is 0 Å². The summed E-state index contributed by atoms with van der Waals surface area (Å²) in [5, 5.41) is 0.0727. The lowest BCUT2D eigenvalue weighted by Gasteiger charge is -2.19. The highest BCUT2D eigenvalue weighted by molar-refractivity contribution is 6.38. The minimum absolute atomic E-state index is 0.0781. The zero-order valence-electron chi connectivity index (χ0n) is 21.4. The van der Waals surface area contributed by atoms with Crippen molar-refractivity contribution in [1.82, 2.24) is 0 Å². The molecule has 0 aliphatic heterocycles. The molecule has 0 bridgehead atoms. The first kappa shape index (κ1) is 28.5. The zero-order chi connectivity index (χ0) is 29.5. The van der Waals surface area contributed by atoms with Crippen LogP contribution in [0.3, 0.4) is 0 Å². The Morgan fingerprint density at radius 1 is 0.683 bits per heavy atom. The Morgan fingerprint density at radius 2 is 1.27 bits per heavy atom. The minimum Gasteiger partial charge on any atom is -0.429 e. The summed E-state index contributed by atoms with van der Waals surface area (Å²) in [5.74, 6) is -8.30. The van der Waals surface area contributed by atoms with Crippen LogP contribution in [0.2, 0.25) is 5.02 Å². The van der Waals surface area contributed by atoms with Crippen LogP contribution in [-0.2, 0) is 12.5 Å². The number of halogens is 8. The van der Waals surface area contributed by atoms with Crippen LogP contribution in [0, 0.1) is 29.1 Å². The summed E-state index contributed by atoms with van der Waals surface area (Å²) in [6, 6.07) is 16.9. The van der Waals surface area contributed by atoms with Crippen LogP contribution in [0.1, 0.15) is 24.5 Å². The summed E-state index contributed by atoms with van der Waals surface area (Å²) in [5.41, 5.74) is 1.55. The molecule has 5 aromatic carbocycles. The van der Waals surface area contributed by atoms with E-state index in [2.05, 4.69) is 4.74 Å². The van der Waals surface area contributed by atoms with Crippen LogP contribution >= 0.6 is 11.6 Å². The molecule has 0 N–H and O–H groups in total. The molecule has 0 atom stereocenters. The van der Waals surface area contributed by atoms with Crippen LogP contribution < -0.4 is 4.74 Å². The fourth-order valence-electron chi connectivity index (χ4n) is 4.60. The van der Waals surface area contributed by atoms with Gasteiger partial charge in [0.2, 0.25) is 0 Å². The lowest BCUT2D eigenvalue weighted by molar-refractivity contribution is -0.185. The van der Waals surface area contributed by atoms with Crippen LogP contribution in [0.15, 0.2) is 78.9 Å². The van der Waals surface area contributed by atoms with Gasteiger partial charge in [-0.15, -0.1) is 0 Å². The van der Waals surface area contributed by atoms with E-state index >= 15 is 8.78 Å². The number of fused-ring (bicyclic) bond motifs is 1. The third-order valence-electron chi connectivity index (χ3n) is 6.66. The highest BCUT2D eigenvalue weighted by atomic mass is 35.5. The molecule has 0 spiro atoms. The molecule has 9 heteroatoms. The molecule has 0 fully saturated rings. The van der Waals surface area contributed by atoms with E-state index < -0.39 is 46.5 Å². The molecule has 5 aromatic rings. The Balaban J connectivity index is 1.46. The number of hydrogen-bond donors (Lipinski definition) is 0. The quantitative estimate of drug-likeness (QED) is 0.136. The number of alkyl halides is 2. The standard InChI is InChI=1S/C32H20ClF7O/c1-2-3-17-4-6-19(7-5-17)24-14-20-10-13-23(28(33)27(20)31(38)29(24)36)18-8-11-21(12-9-18)32(39,40)41-22-15-25(34)30(37)26(35)16-22/h4-16H,2-3H2,1H3. The molecule has 0 aromatic heterocycles. The average molecular weight is 589 g/mol. The first-order valence-corrected chi connectivity index (χ1v) is 12.9. The van der Waals surface area contributed by atoms with E-state index in [4.69, 9.17) is 11.6 Å². The molecule has 0 amide bonds. The minimum atomic E-state index is -4.04. The van der Waals surface area contributed by atoms with E-state index in [0.717, 1.165) is 30.5 Å². The van der Waals surface area contributed by atoms with Gasteiger partial charge in [0, 0.05) is 28.6 Å². The predicted octanol–water partition coefficient (Wildman–Crippen LogP) is 10.6. The van der Waals surface area contributed by atoms with Crippen molar-refractivity contribution >= 4 is 22.4 Å². The average Bonchev–Trinajstić information content (AvgIpc) is 2.94. The summed E-state index contributed by atoms with van der Waals surface area (Å²) < 4.78 is 104. The third-order valence-corrected chi connectivity index (χ3v) is 7.05. The van der Waals surface area contributed by atoms with Gasteiger partial charge in [0.05, 0.1) is 10.6 Å². The topological polar surface area (TPSA) is 9.23 Å². The Kier molecular flexibility index (Phi) is 7.70. The van der Waals surface area contributed by atoms with Gasteiger partial charge in [0.1, 0.15) is 5.75 Å². The fourth-order valence-corrected chi connectivity index (χ4v) is 4.96. The second kappa shape index (κ2) is 11.1. The predicted molar refractivity (Wildman–Crippen MR) is 145 cm³/mol. The highest BCUT2D eigenvalue weighted by Gasteiger charge is 2.35. The molecule has 5 rings (SSSR count). The first-order valence-electron chi connectivity index (χ1n) is 12.5. The number of benzene rings is 5. The molecule has 0 heterocycles. The lowest BCUT2D eigenvalue weighted by atomic mass is 9.95. The fraction of sp³-hybridized carbons (Fsp3) is 0.125. The summed E-state index contributed by atoms with van der Waals surface area (Å²) >= 11 is 6.51. The molecular weight excluding hydrogens is 569 g/mol. The van der Waals surface area contributed by atoms with E-state index in [1.54, 1.807) is 24.3 Å². The van der Waals surface area contributed by atoms with Crippen LogP contribution in [0.25, 0.3) is 33.0 Å². The summed E-state index contributed by atoms with van der Waals surface area (Å²) in [4.78, 5) is 0. The van der Waals surface area contributed by atoms with E-state index in [9.17, 15) is 22.0 Å². The van der Waals surface area contributed by atoms with E-state index in [1.165, 1.54) is 18.2 Å². The van der Waals surface area contributed by atoms with Gasteiger partial charge in [0.15, 0.2) is 29.1 Å². The zero-order valence-corrected chi connectivity index (χ0v) is 22.1. The number of rotatable bonds is 7. The monoisotopic (exact) mass is 588 g/mol. The number of ether oxygens (including phenoxy) is 1. The van der Waals surface area contributed by atoms with Gasteiger partial charge < -0.3 is 4.74 Å². The summed E-state index contributed by atoms with van der Waals surface area (Å²) in [6.07, 6.45) is -2.22. The Labute approximate surface area is 235 Å². The van der Waals surface area contributed by atoms with Crippen molar-refractivity contribution in [3.05, 3.63) is 124 Å². The van der Waals surface area contributed by atoms with Gasteiger partial charge in [-0.3, -0.25) is 0 Å². The van der Waals surface area contributed by atoms with Crippen molar-refractivity contribution in [2.45, 2.75) is 25.9 Å². The maximum absolute atomic E-state index is 15.4.